The predicted octanol–water partition coefficient (Wildman–Crippen LogP) is 0.856. The van der Waals surface area contributed by atoms with Gasteiger partial charge in [0.25, 0.3) is 0 Å². The van der Waals surface area contributed by atoms with Crippen LogP contribution in [0.3, 0.4) is 0 Å². The largest absolute Gasteiger partial charge is 0.351 e. The molecule has 2 aliphatic rings. The number of sulfonamides is 1. The van der Waals surface area contributed by atoms with E-state index in [0.29, 0.717) is 25.1 Å². The molecule has 0 bridgehead atoms. The van der Waals surface area contributed by atoms with Gasteiger partial charge < -0.3 is 16.0 Å². The quantitative estimate of drug-likeness (QED) is 0.715. The smallest absolute Gasteiger partial charge is 0.314 e. The fourth-order valence-corrected chi connectivity index (χ4v) is 4.22. The number of anilines is 1. The van der Waals surface area contributed by atoms with Crippen LogP contribution < -0.4 is 15.8 Å². The molecule has 136 valence electrons. The Hall–Kier alpha value is -2.13. The highest BCUT2D eigenvalue weighted by Crippen LogP contribution is 2.24. The Morgan fingerprint density at radius 2 is 1.96 bits per heavy atom. The first-order valence-electron chi connectivity index (χ1n) is 8.33. The van der Waals surface area contributed by atoms with E-state index in [1.165, 1.54) is 17.0 Å². The Balaban J connectivity index is 1.67. The lowest BCUT2D eigenvalue weighted by Crippen LogP contribution is -2.46. The first-order chi connectivity index (χ1) is 11.8. The maximum Gasteiger partial charge on any atom is 0.314 e. The molecule has 2 fully saturated rings. The van der Waals surface area contributed by atoms with Gasteiger partial charge in [0.2, 0.25) is 15.9 Å². The minimum Gasteiger partial charge on any atom is -0.351 e. The minimum absolute atomic E-state index is 0.0188. The minimum atomic E-state index is -3.57. The summed E-state index contributed by atoms with van der Waals surface area (Å²) in [6, 6.07) is 5.66. The highest BCUT2D eigenvalue weighted by Gasteiger charge is 2.29. The van der Waals surface area contributed by atoms with E-state index in [2.05, 4.69) is 10.0 Å². The van der Waals surface area contributed by atoms with Crippen LogP contribution in [0.1, 0.15) is 25.7 Å². The van der Waals surface area contributed by atoms with Crippen LogP contribution in [0.5, 0.6) is 0 Å². The van der Waals surface area contributed by atoms with E-state index in [-0.39, 0.29) is 29.3 Å². The van der Waals surface area contributed by atoms with E-state index in [1.54, 1.807) is 12.1 Å². The summed E-state index contributed by atoms with van der Waals surface area (Å²) in [5.74, 6) is -0.596. The molecular weight excluding hydrogens is 344 g/mol. The molecule has 3 amide bonds. The second-order valence-corrected chi connectivity index (χ2v) is 8.25. The molecule has 1 unspecified atom stereocenters. The highest BCUT2D eigenvalue weighted by molar-refractivity contribution is 7.89. The molecule has 4 N–H and O–H groups in total. The molecule has 3 rings (SSSR count). The van der Waals surface area contributed by atoms with E-state index in [1.807, 2.05) is 0 Å². The molecule has 25 heavy (non-hydrogen) atoms. The topological polar surface area (TPSA) is 122 Å². The Labute approximate surface area is 146 Å². The molecule has 1 heterocycles. The van der Waals surface area contributed by atoms with Crippen molar-refractivity contribution in [1.82, 2.24) is 9.62 Å². The van der Waals surface area contributed by atoms with Gasteiger partial charge in [0.05, 0.1) is 10.8 Å². The third kappa shape index (κ3) is 4.49. The second-order valence-electron chi connectivity index (χ2n) is 6.54. The molecule has 0 aromatic heterocycles. The van der Waals surface area contributed by atoms with Crippen LogP contribution in [0, 0.1) is 5.92 Å². The molecule has 1 atom stereocenters. The van der Waals surface area contributed by atoms with E-state index < -0.39 is 16.1 Å². The number of benzene rings is 1. The number of piperidine rings is 1. The van der Waals surface area contributed by atoms with Gasteiger partial charge in [0.1, 0.15) is 0 Å². The number of nitrogens with zero attached hydrogens (tertiary/aromatic N) is 1. The van der Waals surface area contributed by atoms with Gasteiger partial charge in [0.15, 0.2) is 0 Å². The number of rotatable bonds is 5. The molecule has 1 aromatic rings. The van der Waals surface area contributed by atoms with Gasteiger partial charge >= 0.3 is 6.03 Å². The van der Waals surface area contributed by atoms with Gasteiger partial charge in [0, 0.05) is 24.8 Å². The third-order valence-corrected chi connectivity index (χ3v) is 5.93. The first-order valence-corrected chi connectivity index (χ1v) is 9.81. The maximum atomic E-state index is 12.4. The molecule has 1 saturated heterocycles. The van der Waals surface area contributed by atoms with Crippen LogP contribution in [-0.4, -0.2) is 44.4 Å². The fraction of sp³-hybridized carbons (Fsp3) is 0.500. The van der Waals surface area contributed by atoms with E-state index in [4.69, 9.17) is 5.73 Å². The molecule has 0 spiro atoms. The second kappa shape index (κ2) is 7.01. The normalized spacial score (nSPS) is 21.0. The molecule has 1 aliphatic heterocycles. The van der Waals surface area contributed by atoms with E-state index in [0.717, 1.165) is 12.8 Å². The van der Waals surface area contributed by atoms with Gasteiger partial charge in [-0.2, -0.15) is 0 Å². The maximum absolute atomic E-state index is 12.4. The number of carbonyl (C=O) groups excluding carboxylic acids is 2. The summed E-state index contributed by atoms with van der Waals surface area (Å²) in [7, 11) is -3.57. The van der Waals surface area contributed by atoms with Crippen molar-refractivity contribution in [2.24, 2.45) is 11.7 Å². The first kappa shape index (κ1) is 17.7. The van der Waals surface area contributed by atoms with Gasteiger partial charge in [-0.3, -0.25) is 4.79 Å². The van der Waals surface area contributed by atoms with Crippen LogP contribution >= 0.6 is 0 Å². The molecule has 8 nitrogen and oxygen atoms in total. The van der Waals surface area contributed by atoms with Crippen molar-refractivity contribution in [3.8, 4) is 0 Å². The number of urea groups is 1. The number of hydrogen-bond acceptors (Lipinski definition) is 4. The Morgan fingerprint density at radius 1 is 1.20 bits per heavy atom. The van der Waals surface area contributed by atoms with Crippen LogP contribution in [-0.2, 0) is 14.8 Å². The zero-order valence-corrected chi connectivity index (χ0v) is 14.6. The summed E-state index contributed by atoms with van der Waals surface area (Å²) in [6.45, 7) is 0.835. The number of likely N-dealkylation sites (tertiary alicyclic amines) is 1. The van der Waals surface area contributed by atoms with E-state index >= 15 is 0 Å². The Bertz CT molecular complexity index is 776. The van der Waals surface area contributed by atoms with Gasteiger partial charge in [-0.1, -0.05) is 6.07 Å². The monoisotopic (exact) mass is 366 g/mol. The summed E-state index contributed by atoms with van der Waals surface area (Å²) >= 11 is 0. The zero-order valence-electron chi connectivity index (χ0n) is 13.8. The summed E-state index contributed by atoms with van der Waals surface area (Å²) in [6.07, 6.45) is 3.08. The molecule has 9 heteroatoms. The van der Waals surface area contributed by atoms with Crippen molar-refractivity contribution in [1.29, 1.82) is 0 Å². The van der Waals surface area contributed by atoms with Gasteiger partial charge in [-0.25, -0.2) is 17.9 Å². The van der Waals surface area contributed by atoms with Crippen LogP contribution in [0.25, 0.3) is 0 Å². The van der Waals surface area contributed by atoms with Crippen molar-refractivity contribution in [2.45, 2.75) is 36.6 Å². The molecule has 1 aromatic carbocycles. The fourth-order valence-electron chi connectivity index (χ4n) is 2.87. The average molecular weight is 366 g/mol. The van der Waals surface area contributed by atoms with Gasteiger partial charge in [-0.05, 0) is 43.9 Å². The van der Waals surface area contributed by atoms with Crippen molar-refractivity contribution in [3.63, 3.8) is 0 Å². The number of amides is 3. The lowest BCUT2D eigenvalue weighted by atomic mass is 9.97. The summed E-state index contributed by atoms with van der Waals surface area (Å²) in [4.78, 5) is 25.3. The average Bonchev–Trinajstić information content (AvgIpc) is 3.38. The lowest BCUT2D eigenvalue weighted by molar-refractivity contribution is -0.121. The number of nitrogens with one attached hydrogen (secondary N) is 2. The van der Waals surface area contributed by atoms with Crippen molar-refractivity contribution in [3.05, 3.63) is 24.3 Å². The number of nitrogens with two attached hydrogens (primary N) is 1. The lowest BCUT2D eigenvalue weighted by Gasteiger charge is -2.30. The van der Waals surface area contributed by atoms with Crippen LogP contribution in [0.4, 0.5) is 10.5 Å². The van der Waals surface area contributed by atoms with Gasteiger partial charge in [-0.15, -0.1) is 0 Å². The van der Waals surface area contributed by atoms with Crippen molar-refractivity contribution in [2.75, 3.05) is 18.4 Å². The number of hydrogen-bond donors (Lipinski definition) is 3. The standard InChI is InChI=1S/C16H22N4O4S/c17-16(22)20-8-2-3-11(10-20)15(21)18-13-4-1-5-14(9-13)25(23,24)19-12-6-7-12/h1,4-5,9,11-12,19H,2-3,6-8,10H2,(H2,17,22)(H,18,21). The summed E-state index contributed by atoms with van der Waals surface area (Å²) in [5, 5.41) is 2.74. The molecule has 0 radical (unpaired) electrons. The molecule has 1 saturated carbocycles. The van der Waals surface area contributed by atoms with E-state index in [9.17, 15) is 18.0 Å². The molecular formula is C16H22N4O4S. The number of carbonyl (C=O) groups is 2. The Kier molecular flexibility index (Phi) is 4.96. The SMILES string of the molecule is NC(=O)N1CCCC(C(=O)Nc2cccc(S(=O)(=O)NC3CC3)c2)C1. The number of primary amides is 1. The van der Waals surface area contributed by atoms with Crippen molar-refractivity contribution < 1.29 is 18.0 Å². The van der Waals surface area contributed by atoms with Crippen LogP contribution in [0.15, 0.2) is 29.2 Å². The predicted molar refractivity (Wildman–Crippen MR) is 92.3 cm³/mol. The molecule has 1 aliphatic carbocycles. The van der Waals surface area contributed by atoms with Crippen LogP contribution in [0.2, 0.25) is 0 Å². The summed E-state index contributed by atoms with van der Waals surface area (Å²) < 4.78 is 27.1. The third-order valence-electron chi connectivity index (χ3n) is 4.41. The van der Waals surface area contributed by atoms with Crippen molar-refractivity contribution >= 4 is 27.6 Å². The Morgan fingerprint density at radius 3 is 2.64 bits per heavy atom. The zero-order chi connectivity index (χ0) is 18.0. The summed E-state index contributed by atoms with van der Waals surface area (Å²) in [5.41, 5.74) is 5.69. The highest BCUT2D eigenvalue weighted by atomic mass is 32.2.